The molecule has 8 N–H and O–H groups in total. The average molecular weight is 995 g/mol. The van der Waals surface area contributed by atoms with Gasteiger partial charge in [-0.15, -0.1) is 0 Å². The highest BCUT2D eigenvalue weighted by Crippen LogP contribution is 2.23. The van der Waals surface area contributed by atoms with Crippen LogP contribution in [0, 0.1) is 0 Å². The molecule has 11 nitrogen and oxygen atoms in total. The van der Waals surface area contributed by atoms with Crippen LogP contribution in [0.5, 0.6) is 0 Å². The molecule has 0 bridgehead atoms. The van der Waals surface area contributed by atoms with Crippen molar-refractivity contribution in [2.24, 2.45) is 0 Å². The van der Waals surface area contributed by atoms with Gasteiger partial charge in [0.2, 0.25) is 5.91 Å². The fraction of sp³-hybridized carbons (Fsp3) is 0.881. The first-order valence-corrected chi connectivity index (χ1v) is 29.4. The molecule has 1 rings (SSSR count). The smallest absolute Gasteiger partial charge is 0.249 e. The van der Waals surface area contributed by atoms with E-state index in [-0.39, 0.29) is 12.8 Å². The molecular formula is C59H111NO10. The fourth-order valence-corrected chi connectivity index (χ4v) is 9.36. The molecule has 1 saturated heterocycles. The Balaban J connectivity index is 2.27. The second-order valence-electron chi connectivity index (χ2n) is 20.7. The van der Waals surface area contributed by atoms with Crippen LogP contribution in [-0.2, 0) is 14.3 Å². The third-order valence-corrected chi connectivity index (χ3v) is 14.2. The lowest BCUT2D eigenvalue weighted by molar-refractivity contribution is -0.303. The van der Waals surface area contributed by atoms with Crippen LogP contribution in [0.3, 0.4) is 0 Å². The van der Waals surface area contributed by atoms with Gasteiger partial charge in [-0.1, -0.05) is 237 Å². The topological polar surface area (TPSA) is 189 Å². The molecule has 1 amide bonds. The number of hydrogen-bond acceptors (Lipinski definition) is 10. The number of amides is 1. The molecule has 9 unspecified atom stereocenters. The normalized spacial score (nSPS) is 20.5. The van der Waals surface area contributed by atoms with Crippen molar-refractivity contribution in [3.8, 4) is 0 Å². The summed E-state index contributed by atoms with van der Waals surface area (Å²) >= 11 is 0. The molecule has 1 aliphatic rings. The Labute approximate surface area is 428 Å². The summed E-state index contributed by atoms with van der Waals surface area (Å²) in [5.74, 6) is -0.712. The Morgan fingerprint density at radius 1 is 0.486 bits per heavy atom. The van der Waals surface area contributed by atoms with Gasteiger partial charge >= 0.3 is 0 Å². The van der Waals surface area contributed by atoms with Crippen molar-refractivity contribution < 1.29 is 50.0 Å². The van der Waals surface area contributed by atoms with Crippen LogP contribution in [0.2, 0.25) is 0 Å². The number of unbranched alkanes of at least 4 members (excludes halogenated alkanes) is 32. The molecule has 0 spiro atoms. The SMILES string of the molecule is CCCCCCCCCCCCCCCCCCCC/C=C/CC/C=C/CC/C=C/CCCC(O)C(O)C(COC1OC(CO)C(O)C(O)C1O)NC(=O)C(O)CCCCCCCCCCCCCC. The Morgan fingerprint density at radius 2 is 0.857 bits per heavy atom. The summed E-state index contributed by atoms with van der Waals surface area (Å²) in [5.41, 5.74) is 0. The van der Waals surface area contributed by atoms with Crippen molar-refractivity contribution in [1.82, 2.24) is 5.32 Å². The van der Waals surface area contributed by atoms with E-state index in [0.717, 1.165) is 44.9 Å². The third-order valence-electron chi connectivity index (χ3n) is 14.2. The third kappa shape index (κ3) is 36.3. The van der Waals surface area contributed by atoms with Crippen LogP contribution in [0.25, 0.3) is 0 Å². The van der Waals surface area contributed by atoms with Crippen LogP contribution in [0.1, 0.15) is 264 Å². The molecule has 0 aromatic rings. The number of aliphatic hydroxyl groups is 7. The summed E-state index contributed by atoms with van der Waals surface area (Å²) in [6.45, 7) is 3.44. The van der Waals surface area contributed by atoms with Crippen molar-refractivity contribution >= 4 is 5.91 Å². The zero-order valence-corrected chi connectivity index (χ0v) is 45.0. The van der Waals surface area contributed by atoms with Gasteiger partial charge in [-0.05, 0) is 64.2 Å². The predicted molar refractivity (Wildman–Crippen MR) is 289 cm³/mol. The molecule has 1 fully saturated rings. The first-order valence-electron chi connectivity index (χ1n) is 29.4. The molecule has 0 saturated carbocycles. The average Bonchev–Trinajstić information content (AvgIpc) is 3.36. The van der Waals surface area contributed by atoms with Gasteiger partial charge in [0.05, 0.1) is 25.4 Å². The summed E-state index contributed by atoms with van der Waals surface area (Å²) in [7, 11) is 0. The molecular weight excluding hydrogens is 883 g/mol. The van der Waals surface area contributed by atoms with Crippen LogP contribution in [0.15, 0.2) is 36.5 Å². The minimum absolute atomic E-state index is 0.242. The number of ether oxygens (including phenoxy) is 2. The van der Waals surface area contributed by atoms with Gasteiger partial charge in [0.25, 0.3) is 0 Å². The predicted octanol–water partition coefficient (Wildman–Crippen LogP) is 12.3. The van der Waals surface area contributed by atoms with Crippen molar-refractivity contribution in [2.75, 3.05) is 13.2 Å². The molecule has 0 aromatic heterocycles. The summed E-state index contributed by atoms with van der Waals surface area (Å²) in [4.78, 5) is 13.1. The molecule has 9 atom stereocenters. The Morgan fingerprint density at radius 3 is 1.27 bits per heavy atom. The van der Waals surface area contributed by atoms with E-state index in [2.05, 4.69) is 55.6 Å². The lowest BCUT2D eigenvalue weighted by Crippen LogP contribution is -2.60. The maximum absolute atomic E-state index is 13.1. The van der Waals surface area contributed by atoms with E-state index < -0.39 is 74.2 Å². The summed E-state index contributed by atoms with van der Waals surface area (Å²) in [6, 6.07) is -1.19. The number of nitrogens with one attached hydrogen (secondary N) is 1. The second-order valence-corrected chi connectivity index (χ2v) is 20.7. The van der Waals surface area contributed by atoms with E-state index in [1.54, 1.807) is 0 Å². The number of allylic oxidation sites excluding steroid dienone is 6. The highest BCUT2D eigenvalue weighted by Gasteiger charge is 2.44. The van der Waals surface area contributed by atoms with Gasteiger partial charge in [0, 0.05) is 0 Å². The lowest BCUT2D eigenvalue weighted by Gasteiger charge is -2.40. The number of rotatable bonds is 50. The Bertz CT molecular complexity index is 1230. The van der Waals surface area contributed by atoms with E-state index in [0.29, 0.717) is 19.3 Å². The van der Waals surface area contributed by atoms with Gasteiger partial charge in [0.15, 0.2) is 6.29 Å². The molecule has 70 heavy (non-hydrogen) atoms. The highest BCUT2D eigenvalue weighted by atomic mass is 16.7. The maximum Gasteiger partial charge on any atom is 0.249 e. The molecule has 0 radical (unpaired) electrons. The van der Waals surface area contributed by atoms with Crippen LogP contribution < -0.4 is 5.32 Å². The zero-order chi connectivity index (χ0) is 51.1. The molecule has 0 aromatic carbocycles. The quantitative estimate of drug-likeness (QED) is 0.0215. The first kappa shape index (κ1) is 66.3. The minimum atomic E-state index is -1.67. The van der Waals surface area contributed by atoms with Gasteiger partial charge in [-0.25, -0.2) is 0 Å². The lowest BCUT2D eigenvalue weighted by atomic mass is 9.98. The molecule has 412 valence electrons. The van der Waals surface area contributed by atoms with Crippen LogP contribution >= 0.6 is 0 Å². The highest BCUT2D eigenvalue weighted by molar-refractivity contribution is 5.80. The van der Waals surface area contributed by atoms with Gasteiger partial charge in [-0.3, -0.25) is 4.79 Å². The standard InChI is InChI=1S/C59H111NO10/c1-3-5-7-9-11-13-15-17-18-19-20-21-22-23-24-25-26-27-28-29-30-31-32-33-34-35-37-38-40-42-44-46-51(62)54(64)50(49-69-59-57(67)56(66)55(65)53(48-61)70-59)60-58(68)52(63)47-45-43-41-39-36-16-14-12-10-8-6-4-2/h29-30,33-34,38,40,50-57,59,61-67H,3-28,31-32,35-37,39,41-49H2,1-2H3,(H,60,68)/b30-29+,34-33+,40-38+. The number of hydrogen-bond donors (Lipinski definition) is 8. The number of carbonyl (C=O) groups excluding carboxylic acids is 1. The summed E-state index contributed by atoms with van der Waals surface area (Å²) in [6.07, 6.45) is 48.0. The molecule has 1 aliphatic heterocycles. The van der Waals surface area contributed by atoms with Gasteiger partial charge in [0.1, 0.15) is 36.6 Å². The number of aliphatic hydroxyl groups excluding tert-OH is 7. The minimum Gasteiger partial charge on any atom is -0.394 e. The molecule has 0 aliphatic carbocycles. The number of carbonyl (C=O) groups is 1. The summed E-state index contributed by atoms with van der Waals surface area (Å²) < 4.78 is 11.1. The zero-order valence-electron chi connectivity index (χ0n) is 45.0. The van der Waals surface area contributed by atoms with E-state index >= 15 is 0 Å². The van der Waals surface area contributed by atoms with Gasteiger partial charge < -0.3 is 50.5 Å². The Kier molecular flexibility index (Phi) is 45.8. The van der Waals surface area contributed by atoms with Crippen molar-refractivity contribution in [3.63, 3.8) is 0 Å². The van der Waals surface area contributed by atoms with E-state index in [9.17, 15) is 40.5 Å². The Hall–Kier alpha value is -1.67. The largest absolute Gasteiger partial charge is 0.394 e. The monoisotopic (exact) mass is 994 g/mol. The maximum atomic E-state index is 13.1. The van der Waals surface area contributed by atoms with E-state index in [4.69, 9.17) is 9.47 Å². The van der Waals surface area contributed by atoms with Crippen molar-refractivity contribution in [2.45, 2.75) is 319 Å². The second kappa shape index (κ2) is 48.3. The fourth-order valence-electron chi connectivity index (χ4n) is 9.36. The van der Waals surface area contributed by atoms with Crippen LogP contribution in [-0.4, -0.2) is 110 Å². The molecule has 1 heterocycles. The summed E-state index contributed by atoms with van der Waals surface area (Å²) in [5, 5.41) is 75.9. The van der Waals surface area contributed by atoms with Crippen LogP contribution in [0.4, 0.5) is 0 Å². The van der Waals surface area contributed by atoms with Crippen molar-refractivity contribution in [1.29, 1.82) is 0 Å². The first-order chi connectivity index (χ1) is 34.2. The molecule has 11 heteroatoms. The van der Waals surface area contributed by atoms with Crippen molar-refractivity contribution in [3.05, 3.63) is 36.5 Å². The van der Waals surface area contributed by atoms with E-state index in [1.165, 1.54) is 173 Å². The van der Waals surface area contributed by atoms with E-state index in [1.807, 2.05) is 0 Å². The van der Waals surface area contributed by atoms with Gasteiger partial charge in [-0.2, -0.15) is 0 Å².